The summed E-state index contributed by atoms with van der Waals surface area (Å²) in [4.78, 5) is 10.4. The lowest BCUT2D eigenvalue weighted by molar-refractivity contribution is -0.137. The van der Waals surface area contributed by atoms with Crippen molar-refractivity contribution in [1.82, 2.24) is 0 Å². The number of carboxylic acids is 1. The summed E-state index contributed by atoms with van der Waals surface area (Å²) < 4.78 is 5.22. The number of phenolic OH excluding ortho intramolecular Hbond substituents is 1. The third kappa shape index (κ3) is 2.03. The number of rotatable bonds is 3. The van der Waals surface area contributed by atoms with Gasteiger partial charge in [0.05, 0.1) is 6.10 Å². The van der Waals surface area contributed by atoms with Gasteiger partial charge in [0.25, 0.3) is 0 Å². The zero-order valence-electron chi connectivity index (χ0n) is 8.46. The van der Waals surface area contributed by atoms with E-state index in [4.69, 9.17) is 9.76 Å². The monoisotopic (exact) mass is 222 g/mol. The fourth-order valence-electron chi connectivity index (χ4n) is 1.85. The van der Waals surface area contributed by atoms with E-state index in [1.807, 2.05) is 0 Å². The Hall–Kier alpha value is -1.53. The number of aliphatic carboxylic acids is 1. The van der Waals surface area contributed by atoms with Gasteiger partial charge in [-0.05, 0) is 29.6 Å². The second kappa shape index (κ2) is 4.15. The molecule has 84 valence electrons. The summed E-state index contributed by atoms with van der Waals surface area (Å²) >= 11 is 0. The molecule has 0 amide bonds. The van der Waals surface area contributed by atoms with Crippen LogP contribution >= 0.6 is 0 Å². The van der Waals surface area contributed by atoms with Crippen LogP contribution in [0.25, 0.3) is 0 Å². The third-order valence-corrected chi connectivity index (χ3v) is 2.60. The molecule has 1 unspecified atom stereocenters. The van der Waals surface area contributed by atoms with Crippen LogP contribution < -0.4 is 5.46 Å². The molecular weight excluding hydrogens is 211 g/mol. The Bertz CT molecular complexity index is 420. The highest BCUT2D eigenvalue weighted by atomic mass is 16.5. The van der Waals surface area contributed by atoms with E-state index < -0.39 is 19.2 Å². The minimum Gasteiger partial charge on any atom is -0.508 e. The average molecular weight is 222 g/mol. The van der Waals surface area contributed by atoms with Gasteiger partial charge in [0.1, 0.15) is 5.75 Å². The van der Waals surface area contributed by atoms with E-state index >= 15 is 0 Å². The van der Waals surface area contributed by atoms with Gasteiger partial charge in [0, 0.05) is 6.42 Å². The minimum absolute atomic E-state index is 0.0162. The van der Waals surface area contributed by atoms with Gasteiger partial charge < -0.3 is 19.9 Å². The molecule has 0 aliphatic carbocycles. The maximum Gasteiger partial charge on any atom is 0.492 e. The molecule has 0 radical (unpaired) electrons. The Labute approximate surface area is 92.4 Å². The lowest BCUT2D eigenvalue weighted by Crippen LogP contribution is -2.27. The summed E-state index contributed by atoms with van der Waals surface area (Å²) in [5, 5.41) is 27.4. The smallest absolute Gasteiger partial charge is 0.492 e. The van der Waals surface area contributed by atoms with Crippen LogP contribution in [0.3, 0.4) is 0 Å². The van der Waals surface area contributed by atoms with Gasteiger partial charge in [-0.25, -0.2) is 0 Å². The first-order valence-electron chi connectivity index (χ1n) is 4.96. The predicted octanol–water partition coefficient (Wildman–Crippen LogP) is 0.0158. The molecule has 2 rings (SSSR count). The molecule has 1 aromatic rings. The van der Waals surface area contributed by atoms with Crippen molar-refractivity contribution < 1.29 is 24.7 Å². The lowest BCUT2D eigenvalue weighted by atomic mass is 9.79. The molecule has 6 heteroatoms. The van der Waals surface area contributed by atoms with Crippen LogP contribution in [0, 0.1) is 0 Å². The summed E-state index contributed by atoms with van der Waals surface area (Å²) in [6.45, 7) is 0. The summed E-state index contributed by atoms with van der Waals surface area (Å²) in [6.07, 6.45) is -0.122. The van der Waals surface area contributed by atoms with Crippen molar-refractivity contribution in [3.05, 3.63) is 23.8 Å². The van der Waals surface area contributed by atoms with Crippen molar-refractivity contribution in [3.63, 3.8) is 0 Å². The van der Waals surface area contributed by atoms with Crippen LogP contribution in [0.2, 0.25) is 0 Å². The molecule has 0 saturated heterocycles. The maximum absolute atomic E-state index is 10.4. The van der Waals surface area contributed by atoms with Crippen molar-refractivity contribution in [2.24, 2.45) is 0 Å². The number of hydrogen-bond acceptors (Lipinski definition) is 4. The number of phenols is 1. The van der Waals surface area contributed by atoms with Crippen LogP contribution in [0.1, 0.15) is 24.5 Å². The second-order valence-corrected chi connectivity index (χ2v) is 3.72. The van der Waals surface area contributed by atoms with Gasteiger partial charge in [-0.3, -0.25) is 4.79 Å². The minimum atomic E-state index is -1.08. The number of hydrogen-bond donors (Lipinski definition) is 3. The Kier molecular flexibility index (Phi) is 2.85. The first-order valence-corrected chi connectivity index (χ1v) is 4.96. The molecule has 5 nitrogen and oxygen atoms in total. The SMILES string of the molecule is O=C(O)CCC1OB(O)c2cc(O)ccc21. The number of benzene rings is 1. The van der Waals surface area contributed by atoms with E-state index in [2.05, 4.69) is 0 Å². The Morgan fingerprint density at radius 2 is 2.25 bits per heavy atom. The Balaban J connectivity index is 2.19. The first kappa shape index (κ1) is 11.0. The molecule has 1 aromatic carbocycles. The van der Waals surface area contributed by atoms with E-state index in [-0.39, 0.29) is 12.2 Å². The van der Waals surface area contributed by atoms with E-state index in [1.165, 1.54) is 12.1 Å². The topological polar surface area (TPSA) is 87.0 Å². The summed E-state index contributed by atoms with van der Waals surface area (Å²) in [6, 6.07) is 4.57. The molecule has 1 heterocycles. The standard InChI is InChI=1S/C10H11BO5/c12-6-1-2-7-8(5-6)11(15)16-9(7)3-4-10(13)14/h1-2,5,9,12,15H,3-4H2,(H,13,14). The number of aromatic hydroxyl groups is 1. The van der Waals surface area contributed by atoms with Gasteiger partial charge in [0.15, 0.2) is 0 Å². The van der Waals surface area contributed by atoms with Gasteiger partial charge in [-0.2, -0.15) is 0 Å². The van der Waals surface area contributed by atoms with E-state index in [0.717, 1.165) is 5.56 Å². The molecule has 1 aliphatic heterocycles. The molecule has 0 bridgehead atoms. The highest BCUT2D eigenvalue weighted by Gasteiger charge is 2.35. The Morgan fingerprint density at radius 3 is 2.94 bits per heavy atom. The average Bonchev–Trinajstić information content (AvgIpc) is 2.53. The number of carbonyl (C=O) groups is 1. The normalized spacial score (nSPS) is 18.6. The van der Waals surface area contributed by atoms with Crippen LogP contribution in [0.15, 0.2) is 18.2 Å². The maximum atomic E-state index is 10.4. The summed E-state index contributed by atoms with van der Waals surface area (Å²) in [7, 11) is -1.08. The molecule has 0 aromatic heterocycles. The van der Waals surface area contributed by atoms with Crippen molar-refractivity contribution in [2.45, 2.75) is 18.9 Å². The molecule has 0 spiro atoms. The van der Waals surface area contributed by atoms with Crippen molar-refractivity contribution >= 4 is 18.6 Å². The highest BCUT2D eigenvalue weighted by molar-refractivity contribution is 6.61. The van der Waals surface area contributed by atoms with Crippen molar-refractivity contribution in [1.29, 1.82) is 0 Å². The zero-order chi connectivity index (χ0) is 11.7. The van der Waals surface area contributed by atoms with Crippen LogP contribution in [0.4, 0.5) is 0 Å². The molecule has 1 aliphatic rings. The van der Waals surface area contributed by atoms with Crippen LogP contribution in [-0.2, 0) is 9.45 Å². The highest BCUT2D eigenvalue weighted by Crippen LogP contribution is 2.29. The number of carboxylic acid groups (broad SMARTS) is 1. The molecule has 16 heavy (non-hydrogen) atoms. The second-order valence-electron chi connectivity index (χ2n) is 3.72. The van der Waals surface area contributed by atoms with Crippen LogP contribution in [0.5, 0.6) is 5.75 Å². The molecule has 3 N–H and O–H groups in total. The Morgan fingerprint density at radius 1 is 1.50 bits per heavy atom. The van der Waals surface area contributed by atoms with Crippen molar-refractivity contribution in [2.75, 3.05) is 0 Å². The van der Waals surface area contributed by atoms with Gasteiger partial charge in [-0.1, -0.05) is 6.07 Å². The molecular formula is C10H11BO5. The van der Waals surface area contributed by atoms with E-state index in [1.54, 1.807) is 6.07 Å². The lowest BCUT2D eigenvalue weighted by Gasteiger charge is -2.10. The van der Waals surface area contributed by atoms with E-state index in [0.29, 0.717) is 11.9 Å². The predicted molar refractivity (Wildman–Crippen MR) is 56.4 cm³/mol. The number of fused-ring (bicyclic) bond motifs is 1. The quantitative estimate of drug-likeness (QED) is 0.627. The van der Waals surface area contributed by atoms with Gasteiger partial charge in [-0.15, -0.1) is 0 Å². The summed E-state index contributed by atoms with van der Waals surface area (Å²) in [5.41, 5.74) is 1.25. The first-order chi connectivity index (χ1) is 7.58. The van der Waals surface area contributed by atoms with Gasteiger partial charge in [0.2, 0.25) is 0 Å². The fourth-order valence-corrected chi connectivity index (χ4v) is 1.85. The third-order valence-electron chi connectivity index (χ3n) is 2.60. The molecule has 0 fully saturated rings. The van der Waals surface area contributed by atoms with Crippen LogP contribution in [-0.4, -0.2) is 28.3 Å². The molecule has 1 atom stereocenters. The molecule has 0 saturated carbocycles. The zero-order valence-corrected chi connectivity index (χ0v) is 8.46. The van der Waals surface area contributed by atoms with Crippen molar-refractivity contribution in [3.8, 4) is 5.75 Å². The fraction of sp³-hybridized carbons (Fsp3) is 0.300. The van der Waals surface area contributed by atoms with Gasteiger partial charge >= 0.3 is 13.1 Å². The summed E-state index contributed by atoms with van der Waals surface area (Å²) in [5.74, 6) is -0.842. The largest absolute Gasteiger partial charge is 0.508 e. The van der Waals surface area contributed by atoms with E-state index in [9.17, 15) is 14.9 Å².